The minimum atomic E-state index is 0.167. The standard InChI is InChI=1S/C17H22N2OS/c1-13(2)15-12-21-16(18-15)9-10-17(20)19(3)11-14-7-5-4-6-8-14/h4-8,12-13H,9-11H2,1-3H3. The Balaban J connectivity index is 1.83. The van der Waals surface area contributed by atoms with E-state index in [1.807, 2.05) is 37.4 Å². The monoisotopic (exact) mass is 302 g/mol. The molecule has 0 saturated carbocycles. The summed E-state index contributed by atoms with van der Waals surface area (Å²) in [5.41, 5.74) is 2.28. The highest BCUT2D eigenvalue weighted by Gasteiger charge is 2.11. The molecular formula is C17H22N2OS. The van der Waals surface area contributed by atoms with Gasteiger partial charge in [-0.25, -0.2) is 4.98 Å². The van der Waals surface area contributed by atoms with Crippen molar-refractivity contribution in [3.05, 3.63) is 52.0 Å². The van der Waals surface area contributed by atoms with E-state index in [0.717, 1.165) is 22.7 Å². The summed E-state index contributed by atoms with van der Waals surface area (Å²) in [5, 5.41) is 3.15. The fraction of sp³-hybridized carbons (Fsp3) is 0.412. The average Bonchev–Trinajstić information content (AvgIpc) is 2.95. The van der Waals surface area contributed by atoms with Crippen LogP contribution >= 0.6 is 11.3 Å². The van der Waals surface area contributed by atoms with Crippen molar-refractivity contribution in [1.82, 2.24) is 9.88 Å². The van der Waals surface area contributed by atoms with Crippen LogP contribution < -0.4 is 0 Å². The molecule has 112 valence electrons. The number of rotatable bonds is 6. The van der Waals surface area contributed by atoms with Crippen molar-refractivity contribution >= 4 is 17.2 Å². The van der Waals surface area contributed by atoms with E-state index in [1.54, 1.807) is 16.2 Å². The van der Waals surface area contributed by atoms with Crippen LogP contribution in [0.15, 0.2) is 35.7 Å². The fourth-order valence-electron chi connectivity index (χ4n) is 2.06. The first kappa shape index (κ1) is 15.7. The smallest absolute Gasteiger partial charge is 0.223 e. The summed E-state index contributed by atoms with van der Waals surface area (Å²) in [7, 11) is 1.86. The van der Waals surface area contributed by atoms with Gasteiger partial charge in [0, 0.05) is 31.8 Å². The van der Waals surface area contributed by atoms with Gasteiger partial charge in [0.2, 0.25) is 5.91 Å². The summed E-state index contributed by atoms with van der Waals surface area (Å²) < 4.78 is 0. The Morgan fingerprint density at radius 2 is 2.00 bits per heavy atom. The van der Waals surface area contributed by atoms with E-state index >= 15 is 0 Å². The molecule has 0 fully saturated rings. The second kappa shape index (κ2) is 7.36. The van der Waals surface area contributed by atoms with Gasteiger partial charge in [0.15, 0.2) is 0 Å². The molecule has 1 heterocycles. The lowest BCUT2D eigenvalue weighted by atomic mass is 10.2. The number of thiazole rings is 1. The molecule has 3 nitrogen and oxygen atoms in total. The molecule has 0 spiro atoms. The van der Waals surface area contributed by atoms with Gasteiger partial charge in [0.1, 0.15) is 0 Å². The summed E-state index contributed by atoms with van der Waals surface area (Å²) in [6.07, 6.45) is 1.25. The Morgan fingerprint density at radius 3 is 2.62 bits per heavy atom. The fourth-order valence-corrected chi connectivity index (χ4v) is 3.01. The zero-order chi connectivity index (χ0) is 15.2. The molecule has 1 aromatic heterocycles. The maximum Gasteiger partial charge on any atom is 0.223 e. The van der Waals surface area contributed by atoms with Gasteiger partial charge in [-0.1, -0.05) is 44.2 Å². The second-order valence-electron chi connectivity index (χ2n) is 5.56. The maximum atomic E-state index is 12.2. The predicted octanol–water partition coefficient (Wildman–Crippen LogP) is 3.86. The van der Waals surface area contributed by atoms with Gasteiger partial charge in [-0.3, -0.25) is 4.79 Å². The highest BCUT2D eigenvalue weighted by molar-refractivity contribution is 7.09. The minimum Gasteiger partial charge on any atom is -0.341 e. The summed E-state index contributed by atoms with van der Waals surface area (Å²) >= 11 is 1.65. The van der Waals surface area contributed by atoms with Crippen molar-refractivity contribution in [1.29, 1.82) is 0 Å². The van der Waals surface area contributed by atoms with Gasteiger partial charge >= 0.3 is 0 Å². The number of hydrogen-bond donors (Lipinski definition) is 0. The molecule has 0 saturated heterocycles. The summed E-state index contributed by atoms with van der Waals surface area (Å²) in [5.74, 6) is 0.617. The van der Waals surface area contributed by atoms with Crippen molar-refractivity contribution in [2.45, 2.75) is 39.2 Å². The van der Waals surface area contributed by atoms with Crippen LogP contribution in [0.5, 0.6) is 0 Å². The van der Waals surface area contributed by atoms with Crippen molar-refractivity contribution in [2.75, 3.05) is 7.05 Å². The third kappa shape index (κ3) is 4.67. The first-order chi connectivity index (χ1) is 10.1. The molecule has 2 rings (SSSR count). The first-order valence-electron chi connectivity index (χ1n) is 7.28. The van der Waals surface area contributed by atoms with Crippen LogP contribution in [0.25, 0.3) is 0 Å². The van der Waals surface area contributed by atoms with Crippen LogP contribution in [0.2, 0.25) is 0 Å². The highest BCUT2D eigenvalue weighted by atomic mass is 32.1. The largest absolute Gasteiger partial charge is 0.341 e. The zero-order valence-electron chi connectivity index (χ0n) is 12.9. The maximum absolute atomic E-state index is 12.2. The van der Waals surface area contributed by atoms with Gasteiger partial charge in [-0.05, 0) is 11.5 Å². The molecule has 0 aliphatic rings. The Bertz CT molecular complexity index is 577. The van der Waals surface area contributed by atoms with Gasteiger partial charge in [-0.15, -0.1) is 11.3 Å². The van der Waals surface area contributed by atoms with Crippen molar-refractivity contribution in [3.8, 4) is 0 Å². The molecule has 0 atom stereocenters. The third-order valence-electron chi connectivity index (χ3n) is 3.40. The average molecular weight is 302 g/mol. The Hall–Kier alpha value is -1.68. The van der Waals surface area contributed by atoms with Crippen LogP contribution in [0.4, 0.5) is 0 Å². The number of carbonyl (C=O) groups is 1. The lowest BCUT2D eigenvalue weighted by Gasteiger charge is -2.16. The Labute approximate surface area is 130 Å². The van der Waals surface area contributed by atoms with Crippen molar-refractivity contribution in [2.24, 2.45) is 0 Å². The molecule has 0 unspecified atom stereocenters. The Morgan fingerprint density at radius 1 is 1.29 bits per heavy atom. The molecule has 21 heavy (non-hydrogen) atoms. The van der Waals surface area contributed by atoms with Gasteiger partial charge in [-0.2, -0.15) is 0 Å². The molecule has 0 bridgehead atoms. The minimum absolute atomic E-state index is 0.167. The molecule has 0 N–H and O–H groups in total. The van der Waals surface area contributed by atoms with Crippen molar-refractivity contribution < 1.29 is 4.79 Å². The van der Waals surface area contributed by atoms with E-state index < -0.39 is 0 Å². The third-order valence-corrected chi connectivity index (χ3v) is 4.33. The number of hydrogen-bond acceptors (Lipinski definition) is 3. The molecule has 0 radical (unpaired) electrons. The number of benzene rings is 1. The van der Waals surface area contributed by atoms with Crippen LogP contribution in [0.1, 0.15) is 42.5 Å². The topological polar surface area (TPSA) is 33.2 Å². The molecule has 1 amide bonds. The number of nitrogens with zero attached hydrogens (tertiary/aromatic N) is 2. The van der Waals surface area contributed by atoms with E-state index in [2.05, 4.69) is 24.2 Å². The predicted molar refractivity (Wildman–Crippen MR) is 87.4 cm³/mol. The first-order valence-corrected chi connectivity index (χ1v) is 8.16. The van der Waals surface area contributed by atoms with Crippen LogP contribution in [0, 0.1) is 0 Å². The Kier molecular flexibility index (Phi) is 5.51. The quantitative estimate of drug-likeness (QED) is 0.812. The van der Waals surface area contributed by atoms with Crippen molar-refractivity contribution in [3.63, 3.8) is 0 Å². The summed E-state index contributed by atoms with van der Waals surface area (Å²) in [6.45, 7) is 4.93. The number of aryl methyl sites for hydroxylation is 1. The lowest BCUT2D eigenvalue weighted by molar-refractivity contribution is -0.130. The number of aromatic nitrogens is 1. The summed E-state index contributed by atoms with van der Waals surface area (Å²) in [4.78, 5) is 18.5. The normalized spacial score (nSPS) is 10.9. The van der Waals surface area contributed by atoms with E-state index in [4.69, 9.17) is 0 Å². The SMILES string of the molecule is CC(C)c1csc(CCC(=O)N(C)Cc2ccccc2)n1. The zero-order valence-corrected chi connectivity index (χ0v) is 13.7. The second-order valence-corrected chi connectivity index (χ2v) is 6.50. The van der Waals surface area contributed by atoms with Gasteiger partial charge in [0.05, 0.1) is 10.7 Å². The van der Waals surface area contributed by atoms with Crippen LogP contribution in [-0.2, 0) is 17.8 Å². The molecule has 0 aliphatic carbocycles. The molecule has 2 aromatic rings. The van der Waals surface area contributed by atoms with E-state index in [-0.39, 0.29) is 5.91 Å². The van der Waals surface area contributed by atoms with Gasteiger partial charge in [0.25, 0.3) is 0 Å². The van der Waals surface area contributed by atoms with E-state index in [0.29, 0.717) is 18.9 Å². The lowest BCUT2D eigenvalue weighted by Crippen LogP contribution is -2.26. The van der Waals surface area contributed by atoms with Crippen LogP contribution in [0.3, 0.4) is 0 Å². The highest BCUT2D eigenvalue weighted by Crippen LogP contribution is 2.19. The van der Waals surface area contributed by atoms with Crippen LogP contribution in [-0.4, -0.2) is 22.8 Å². The number of carbonyl (C=O) groups excluding carboxylic acids is 1. The summed E-state index contributed by atoms with van der Waals surface area (Å²) in [6, 6.07) is 10.1. The molecule has 4 heteroatoms. The molecule has 1 aromatic carbocycles. The molecular weight excluding hydrogens is 280 g/mol. The number of amides is 1. The molecule has 0 aliphatic heterocycles. The van der Waals surface area contributed by atoms with E-state index in [1.165, 1.54) is 0 Å². The van der Waals surface area contributed by atoms with E-state index in [9.17, 15) is 4.79 Å². The van der Waals surface area contributed by atoms with Gasteiger partial charge < -0.3 is 4.90 Å².